The van der Waals surface area contributed by atoms with Crippen LogP contribution in [0.5, 0.6) is 5.75 Å². The third-order valence-corrected chi connectivity index (χ3v) is 4.12. The molecular weight excluding hydrogens is 338 g/mol. The molecule has 2 aromatic carbocycles. The first-order valence-corrected chi connectivity index (χ1v) is 8.24. The minimum absolute atomic E-state index is 0.0535. The van der Waals surface area contributed by atoms with Gasteiger partial charge in [-0.15, -0.1) is 0 Å². The number of amides is 1. The van der Waals surface area contributed by atoms with Gasteiger partial charge in [0, 0.05) is 24.5 Å². The summed E-state index contributed by atoms with van der Waals surface area (Å²) in [7, 11) is 1.63. The van der Waals surface area contributed by atoms with E-state index in [1.54, 1.807) is 25.7 Å². The highest BCUT2D eigenvalue weighted by atomic mass is 35.5. The number of nitrogens with one attached hydrogen (secondary N) is 1. The van der Waals surface area contributed by atoms with E-state index in [2.05, 4.69) is 10.3 Å². The smallest absolute Gasteiger partial charge is 0.224 e. The van der Waals surface area contributed by atoms with Gasteiger partial charge in [-0.05, 0) is 42.3 Å². The van der Waals surface area contributed by atoms with E-state index >= 15 is 0 Å². The van der Waals surface area contributed by atoms with Crippen LogP contribution in [-0.2, 0) is 11.2 Å². The first kappa shape index (κ1) is 17.0. The minimum atomic E-state index is -0.0535. The summed E-state index contributed by atoms with van der Waals surface area (Å²) >= 11 is 6.29. The SMILES string of the molecule is COc1ccc(CCC(=O)Nc2ccc(-n3ccnc3)c(Cl)c2)cc1. The molecule has 0 aliphatic carbocycles. The third-order valence-electron chi connectivity index (χ3n) is 3.81. The second kappa shape index (κ2) is 7.85. The highest BCUT2D eigenvalue weighted by molar-refractivity contribution is 6.32. The van der Waals surface area contributed by atoms with E-state index in [1.807, 2.05) is 47.2 Å². The van der Waals surface area contributed by atoms with Crippen molar-refractivity contribution in [3.8, 4) is 11.4 Å². The molecule has 1 N–H and O–H groups in total. The first-order valence-electron chi connectivity index (χ1n) is 7.86. The van der Waals surface area contributed by atoms with Crippen molar-refractivity contribution in [1.82, 2.24) is 9.55 Å². The van der Waals surface area contributed by atoms with Crippen molar-refractivity contribution in [2.45, 2.75) is 12.8 Å². The molecule has 5 nitrogen and oxygen atoms in total. The fourth-order valence-corrected chi connectivity index (χ4v) is 2.75. The van der Waals surface area contributed by atoms with Crippen molar-refractivity contribution in [2.75, 3.05) is 12.4 Å². The Balaban J connectivity index is 1.58. The number of nitrogens with zero attached hydrogens (tertiary/aromatic N) is 2. The number of imidazole rings is 1. The van der Waals surface area contributed by atoms with E-state index < -0.39 is 0 Å². The van der Waals surface area contributed by atoms with Crippen LogP contribution in [0.4, 0.5) is 5.69 Å². The van der Waals surface area contributed by atoms with E-state index in [1.165, 1.54) is 0 Å². The first-order chi connectivity index (χ1) is 12.2. The molecule has 0 aliphatic rings. The molecular formula is C19H18ClN3O2. The Morgan fingerprint density at radius 1 is 1.24 bits per heavy atom. The van der Waals surface area contributed by atoms with Crippen LogP contribution in [0.25, 0.3) is 5.69 Å². The summed E-state index contributed by atoms with van der Waals surface area (Å²) in [6, 6.07) is 13.1. The summed E-state index contributed by atoms with van der Waals surface area (Å²) in [5, 5.41) is 3.42. The molecule has 6 heteroatoms. The molecule has 3 rings (SSSR count). The number of aromatic nitrogens is 2. The standard InChI is InChI=1S/C19H18ClN3O2/c1-25-16-6-2-14(3-7-16)4-9-19(24)22-15-5-8-18(17(20)12-15)23-11-10-21-13-23/h2-3,5-8,10-13H,4,9H2,1H3,(H,22,24). The van der Waals surface area contributed by atoms with Gasteiger partial charge in [-0.2, -0.15) is 0 Å². The van der Waals surface area contributed by atoms with Gasteiger partial charge in [-0.1, -0.05) is 23.7 Å². The summed E-state index contributed by atoms with van der Waals surface area (Å²) in [6.45, 7) is 0. The molecule has 0 radical (unpaired) electrons. The van der Waals surface area contributed by atoms with Gasteiger partial charge in [0.1, 0.15) is 5.75 Å². The van der Waals surface area contributed by atoms with Crippen LogP contribution in [0.15, 0.2) is 61.2 Å². The number of hydrogen-bond donors (Lipinski definition) is 1. The number of ether oxygens (including phenoxy) is 1. The molecule has 25 heavy (non-hydrogen) atoms. The predicted molar refractivity (Wildman–Crippen MR) is 98.5 cm³/mol. The van der Waals surface area contributed by atoms with Crippen LogP contribution in [0.1, 0.15) is 12.0 Å². The Morgan fingerprint density at radius 2 is 2.04 bits per heavy atom. The minimum Gasteiger partial charge on any atom is -0.497 e. The molecule has 128 valence electrons. The molecule has 3 aromatic rings. The van der Waals surface area contributed by atoms with Gasteiger partial charge in [-0.3, -0.25) is 4.79 Å². The maximum Gasteiger partial charge on any atom is 0.224 e. The number of carbonyl (C=O) groups excluding carboxylic acids is 1. The fraction of sp³-hybridized carbons (Fsp3) is 0.158. The Bertz CT molecular complexity index is 846. The number of anilines is 1. The number of aryl methyl sites for hydroxylation is 1. The van der Waals surface area contributed by atoms with Gasteiger partial charge in [-0.25, -0.2) is 4.98 Å². The second-order valence-electron chi connectivity index (χ2n) is 5.53. The molecule has 1 aromatic heterocycles. The lowest BCUT2D eigenvalue weighted by atomic mass is 10.1. The Morgan fingerprint density at radius 3 is 2.68 bits per heavy atom. The van der Waals surface area contributed by atoms with E-state index in [0.717, 1.165) is 17.0 Å². The zero-order chi connectivity index (χ0) is 17.6. The summed E-state index contributed by atoms with van der Waals surface area (Å²) in [5.41, 5.74) is 2.58. The number of methoxy groups -OCH3 is 1. The van der Waals surface area contributed by atoms with E-state index in [4.69, 9.17) is 16.3 Å². The molecule has 1 heterocycles. The molecule has 0 saturated heterocycles. The molecule has 0 aliphatic heterocycles. The molecule has 0 saturated carbocycles. The third kappa shape index (κ3) is 4.39. The van der Waals surface area contributed by atoms with Crippen molar-refractivity contribution in [2.24, 2.45) is 0 Å². The Hall–Kier alpha value is -2.79. The lowest BCUT2D eigenvalue weighted by molar-refractivity contribution is -0.116. The van der Waals surface area contributed by atoms with Crippen molar-refractivity contribution in [3.05, 3.63) is 71.8 Å². The topological polar surface area (TPSA) is 56.1 Å². The lowest BCUT2D eigenvalue weighted by Gasteiger charge is -2.09. The quantitative estimate of drug-likeness (QED) is 0.724. The van der Waals surface area contributed by atoms with Crippen molar-refractivity contribution < 1.29 is 9.53 Å². The van der Waals surface area contributed by atoms with Crippen LogP contribution in [-0.4, -0.2) is 22.6 Å². The van der Waals surface area contributed by atoms with Crippen molar-refractivity contribution in [3.63, 3.8) is 0 Å². The average Bonchev–Trinajstić information content (AvgIpc) is 3.15. The molecule has 1 amide bonds. The number of carbonyl (C=O) groups is 1. The van der Waals surface area contributed by atoms with Gasteiger partial charge in [0.05, 0.1) is 24.1 Å². The Kier molecular flexibility index (Phi) is 5.36. The molecule has 0 spiro atoms. The van der Waals surface area contributed by atoms with Crippen molar-refractivity contribution >= 4 is 23.2 Å². The zero-order valence-corrected chi connectivity index (χ0v) is 14.5. The number of halogens is 1. The van der Waals surface area contributed by atoms with Crippen molar-refractivity contribution in [1.29, 1.82) is 0 Å². The van der Waals surface area contributed by atoms with E-state index in [-0.39, 0.29) is 5.91 Å². The predicted octanol–water partition coefficient (Wildman–Crippen LogP) is 4.11. The molecule has 0 fully saturated rings. The molecule has 0 unspecified atom stereocenters. The van der Waals surface area contributed by atoms with Crippen LogP contribution in [0.3, 0.4) is 0 Å². The zero-order valence-electron chi connectivity index (χ0n) is 13.8. The van der Waals surface area contributed by atoms with Crippen LogP contribution >= 0.6 is 11.6 Å². The van der Waals surface area contributed by atoms with Crippen LogP contribution in [0, 0.1) is 0 Å². The highest BCUT2D eigenvalue weighted by Crippen LogP contribution is 2.24. The normalized spacial score (nSPS) is 10.5. The fourth-order valence-electron chi connectivity index (χ4n) is 2.47. The number of rotatable bonds is 6. The van der Waals surface area contributed by atoms with Crippen LogP contribution < -0.4 is 10.1 Å². The molecule has 0 bridgehead atoms. The summed E-state index contributed by atoms with van der Waals surface area (Å²) in [4.78, 5) is 16.1. The van der Waals surface area contributed by atoms with Gasteiger partial charge >= 0.3 is 0 Å². The van der Waals surface area contributed by atoms with Gasteiger partial charge in [0.25, 0.3) is 0 Å². The highest BCUT2D eigenvalue weighted by Gasteiger charge is 2.07. The lowest BCUT2D eigenvalue weighted by Crippen LogP contribution is -2.12. The second-order valence-corrected chi connectivity index (χ2v) is 5.94. The largest absolute Gasteiger partial charge is 0.497 e. The number of hydrogen-bond acceptors (Lipinski definition) is 3. The van der Waals surface area contributed by atoms with Gasteiger partial charge in [0.2, 0.25) is 5.91 Å². The Labute approximate surface area is 151 Å². The maximum atomic E-state index is 12.1. The summed E-state index contributed by atoms with van der Waals surface area (Å²) < 4.78 is 6.94. The maximum absolute atomic E-state index is 12.1. The molecule has 0 atom stereocenters. The van der Waals surface area contributed by atoms with E-state index in [0.29, 0.717) is 23.6 Å². The number of benzene rings is 2. The van der Waals surface area contributed by atoms with Gasteiger partial charge < -0.3 is 14.6 Å². The van der Waals surface area contributed by atoms with Gasteiger partial charge in [0.15, 0.2) is 0 Å². The summed E-state index contributed by atoms with van der Waals surface area (Å²) in [5.74, 6) is 0.753. The van der Waals surface area contributed by atoms with E-state index in [9.17, 15) is 4.79 Å². The summed E-state index contributed by atoms with van der Waals surface area (Å²) in [6.07, 6.45) is 6.23. The monoisotopic (exact) mass is 355 g/mol. The van der Waals surface area contributed by atoms with Crippen LogP contribution in [0.2, 0.25) is 5.02 Å². The average molecular weight is 356 g/mol.